The molecule has 0 aromatic heterocycles. The molecule has 134 valence electrons. The van der Waals surface area contributed by atoms with E-state index in [0.29, 0.717) is 6.42 Å². The van der Waals surface area contributed by atoms with Crippen molar-refractivity contribution in [2.75, 3.05) is 0 Å². The van der Waals surface area contributed by atoms with Gasteiger partial charge in [0, 0.05) is 0 Å². The van der Waals surface area contributed by atoms with Crippen LogP contribution in [-0.4, -0.2) is 29.7 Å². The van der Waals surface area contributed by atoms with Crippen LogP contribution in [0.1, 0.15) is 33.1 Å². The number of halogens is 1. The Labute approximate surface area is 144 Å². The van der Waals surface area contributed by atoms with Gasteiger partial charge in [-0.1, -0.05) is 50.6 Å². The number of sulfonamides is 1. The molecule has 0 fully saturated rings. The first-order valence-corrected chi connectivity index (χ1v) is 9.38. The Balaban J connectivity index is 3.39. The zero-order valence-corrected chi connectivity index (χ0v) is 15.0. The van der Waals surface area contributed by atoms with Crippen molar-refractivity contribution in [2.45, 2.75) is 49.6 Å². The minimum absolute atomic E-state index is 0.0543. The first-order chi connectivity index (χ1) is 11.2. The average Bonchev–Trinajstić information content (AvgIpc) is 2.55. The van der Waals surface area contributed by atoms with Crippen LogP contribution in [0.4, 0.5) is 4.48 Å². The summed E-state index contributed by atoms with van der Waals surface area (Å²) in [5.74, 6) is -0.404. The highest BCUT2D eigenvalue weighted by atomic mass is 32.2. The van der Waals surface area contributed by atoms with E-state index in [2.05, 4.69) is 13.2 Å². The van der Waals surface area contributed by atoms with E-state index in [1.807, 2.05) is 6.92 Å². The first-order valence-electron chi connectivity index (χ1n) is 7.94. The molecule has 4 nitrogen and oxygen atoms in total. The molecule has 2 atom stereocenters. The van der Waals surface area contributed by atoms with Crippen molar-refractivity contribution in [3.8, 4) is 0 Å². The summed E-state index contributed by atoms with van der Waals surface area (Å²) in [7, 11) is -4.38. The van der Waals surface area contributed by atoms with Gasteiger partial charge in [0.05, 0.1) is 16.5 Å². The van der Waals surface area contributed by atoms with E-state index in [1.165, 1.54) is 36.4 Å². The fraction of sp³-hybridized carbons (Fsp3) is 0.444. The van der Waals surface area contributed by atoms with Crippen molar-refractivity contribution in [3.63, 3.8) is 0 Å². The van der Waals surface area contributed by atoms with Crippen molar-refractivity contribution in [2.24, 2.45) is 5.92 Å². The van der Waals surface area contributed by atoms with Gasteiger partial charge in [-0.3, -0.25) is 0 Å². The molecule has 0 unspecified atom stereocenters. The van der Waals surface area contributed by atoms with Gasteiger partial charge in [0.2, 0.25) is 0 Å². The third-order valence-corrected chi connectivity index (χ3v) is 5.77. The van der Waals surface area contributed by atoms with Crippen LogP contribution in [0.5, 0.6) is 0 Å². The monoisotopic (exact) mass is 355 g/mol. The molecule has 1 aromatic carbocycles. The lowest BCUT2D eigenvalue weighted by molar-refractivity contribution is -0.0915. The SMILES string of the molecule is C=CCC(O)(CC=C)[C@H]([C@@H](C)CC)N(F)S(=O)(=O)c1ccccc1. The Morgan fingerprint density at radius 2 is 1.75 bits per heavy atom. The molecule has 0 radical (unpaired) electrons. The molecule has 0 aliphatic carbocycles. The van der Waals surface area contributed by atoms with Gasteiger partial charge in [0.15, 0.2) is 0 Å². The van der Waals surface area contributed by atoms with Gasteiger partial charge in [-0.2, -0.15) is 0 Å². The van der Waals surface area contributed by atoms with Gasteiger partial charge in [0.1, 0.15) is 0 Å². The van der Waals surface area contributed by atoms with Crippen LogP contribution in [0.15, 0.2) is 60.5 Å². The summed E-state index contributed by atoms with van der Waals surface area (Å²) in [6.07, 6.45) is 3.53. The second-order valence-corrected chi connectivity index (χ2v) is 7.75. The van der Waals surface area contributed by atoms with Crippen LogP contribution in [0.25, 0.3) is 0 Å². The number of hydrogen-bond acceptors (Lipinski definition) is 3. The van der Waals surface area contributed by atoms with Crippen LogP contribution in [0.2, 0.25) is 0 Å². The lowest BCUT2D eigenvalue weighted by Crippen LogP contribution is -2.54. The molecule has 0 aliphatic rings. The van der Waals surface area contributed by atoms with Crippen molar-refractivity contribution in [1.82, 2.24) is 4.53 Å². The lowest BCUT2D eigenvalue weighted by Gasteiger charge is -2.40. The van der Waals surface area contributed by atoms with Crippen molar-refractivity contribution >= 4 is 10.0 Å². The van der Waals surface area contributed by atoms with Crippen molar-refractivity contribution in [1.29, 1.82) is 0 Å². The minimum atomic E-state index is -4.38. The lowest BCUT2D eigenvalue weighted by atomic mass is 9.80. The molecular weight excluding hydrogens is 329 g/mol. The summed E-state index contributed by atoms with van der Waals surface area (Å²) in [4.78, 5) is -0.152. The highest BCUT2D eigenvalue weighted by molar-refractivity contribution is 7.89. The van der Waals surface area contributed by atoms with E-state index >= 15 is 4.48 Å². The maximum absolute atomic E-state index is 15.1. The van der Waals surface area contributed by atoms with Crippen LogP contribution >= 0.6 is 0 Å². The fourth-order valence-corrected chi connectivity index (χ4v) is 4.21. The third kappa shape index (κ3) is 4.32. The predicted octanol–water partition coefficient (Wildman–Crippen LogP) is 3.86. The Morgan fingerprint density at radius 1 is 1.25 bits per heavy atom. The molecule has 24 heavy (non-hydrogen) atoms. The minimum Gasteiger partial charge on any atom is -0.387 e. The molecule has 0 saturated heterocycles. The number of rotatable bonds is 10. The summed E-state index contributed by atoms with van der Waals surface area (Å²) in [5.41, 5.74) is -1.62. The Morgan fingerprint density at radius 3 is 2.17 bits per heavy atom. The molecule has 0 amide bonds. The quantitative estimate of drug-likeness (QED) is 0.512. The maximum atomic E-state index is 15.1. The second kappa shape index (κ2) is 8.55. The molecule has 0 saturated carbocycles. The summed E-state index contributed by atoms with van der Waals surface area (Å²) < 4.78 is 40.2. The molecule has 1 aromatic rings. The van der Waals surface area contributed by atoms with E-state index in [9.17, 15) is 13.5 Å². The van der Waals surface area contributed by atoms with Gasteiger partial charge < -0.3 is 5.11 Å². The Kier molecular flexibility index (Phi) is 7.32. The van der Waals surface area contributed by atoms with E-state index in [4.69, 9.17) is 0 Å². The van der Waals surface area contributed by atoms with E-state index in [0.717, 1.165) is 0 Å². The fourth-order valence-electron chi connectivity index (χ4n) is 2.81. The van der Waals surface area contributed by atoms with Crippen LogP contribution in [-0.2, 0) is 10.0 Å². The highest BCUT2D eigenvalue weighted by Gasteiger charge is 2.47. The normalized spacial score (nSPS) is 15.0. The van der Waals surface area contributed by atoms with E-state index < -0.39 is 27.6 Å². The number of hydrogen-bond donors (Lipinski definition) is 1. The Bertz CT molecular complexity index is 635. The number of aliphatic hydroxyl groups is 1. The summed E-state index contributed by atoms with van der Waals surface area (Å²) >= 11 is 0. The summed E-state index contributed by atoms with van der Waals surface area (Å²) in [5, 5.41) is 11.0. The second-order valence-electron chi connectivity index (χ2n) is 5.98. The van der Waals surface area contributed by atoms with Crippen molar-refractivity contribution in [3.05, 3.63) is 55.6 Å². The highest BCUT2D eigenvalue weighted by Crippen LogP contribution is 2.35. The van der Waals surface area contributed by atoms with E-state index in [1.54, 1.807) is 13.0 Å². The van der Waals surface area contributed by atoms with E-state index in [-0.39, 0.29) is 22.3 Å². The molecular formula is C18H26FNO3S. The molecule has 0 bridgehead atoms. The zero-order chi connectivity index (χ0) is 18.4. The first kappa shape index (κ1) is 20.5. The molecule has 1 rings (SSSR count). The van der Waals surface area contributed by atoms with Gasteiger partial charge in [0.25, 0.3) is 10.0 Å². The average molecular weight is 355 g/mol. The van der Waals surface area contributed by atoms with Crippen LogP contribution < -0.4 is 0 Å². The zero-order valence-electron chi connectivity index (χ0n) is 14.2. The van der Waals surface area contributed by atoms with Crippen molar-refractivity contribution < 1.29 is 18.0 Å². The third-order valence-electron chi connectivity index (χ3n) is 4.22. The maximum Gasteiger partial charge on any atom is 0.269 e. The standard InChI is InChI=1S/C18H26FNO3S/c1-5-13-18(21,14-6-2)17(15(4)7-3)20(19)24(22,23)16-11-9-8-10-12-16/h5-6,8-12,15,17,21H,1-2,7,13-14H2,3-4H3/t15-,17-/m0/s1. The van der Waals surface area contributed by atoms with Gasteiger partial charge >= 0.3 is 0 Å². The molecule has 0 heterocycles. The molecule has 0 spiro atoms. The van der Waals surface area contributed by atoms with Gasteiger partial charge in [-0.25, -0.2) is 8.42 Å². The van der Waals surface area contributed by atoms with Gasteiger partial charge in [-0.15, -0.1) is 17.6 Å². The van der Waals surface area contributed by atoms with Gasteiger partial charge in [-0.05, 0) is 35.4 Å². The predicted molar refractivity (Wildman–Crippen MR) is 94.4 cm³/mol. The molecule has 0 aliphatic heterocycles. The number of benzene rings is 1. The largest absolute Gasteiger partial charge is 0.387 e. The van der Waals surface area contributed by atoms with Crippen LogP contribution in [0, 0.1) is 5.92 Å². The molecule has 1 N–H and O–H groups in total. The topological polar surface area (TPSA) is 57.6 Å². The number of nitrogens with zero attached hydrogens (tertiary/aromatic N) is 1. The summed E-state index contributed by atoms with van der Waals surface area (Å²) in [6, 6.07) is 6.12. The Hall–Kier alpha value is -1.50. The smallest absolute Gasteiger partial charge is 0.269 e. The van der Waals surface area contributed by atoms with Crippen LogP contribution in [0.3, 0.4) is 0 Å². The molecule has 6 heteroatoms. The summed E-state index contributed by atoms with van der Waals surface area (Å²) in [6.45, 7) is 10.7.